The van der Waals surface area contributed by atoms with Gasteiger partial charge in [0.2, 0.25) is 0 Å². The summed E-state index contributed by atoms with van der Waals surface area (Å²) >= 11 is 0. The van der Waals surface area contributed by atoms with Gasteiger partial charge in [0, 0.05) is 29.8 Å². The minimum Gasteiger partial charge on any atom is -0.508 e. The summed E-state index contributed by atoms with van der Waals surface area (Å²) in [5.41, 5.74) is 1.05. The van der Waals surface area contributed by atoms with Crippen LogP contribution in [0.3, 0.4) is 0 Å². The highest BCUT2D eigenvalue weighted by molar-refractivity contribution is 5.89. The number of aliphatic hydroxyl groups is 2. The van der Waals surface area contributed by atoms with Gasteiger partial charge in [-0.25, -0.2) is 9.59 Å². The number of aliphatic carboxylic acids is 2. The minimum absolute atomic E-state index is 0.0484. The Kier molecular flexibility index (Phi) is 9.43. The van der Waals surface area contributed by atoms with Crippen molar-refractivity contribution in [3.05, 3.63) is 41.5 Å². The minimum atomic E-state index is -1.26. The molecule has 0 aliphatic rings. The number of β-amino-alcohol motifs (C(OH)–C–C–N with tert-alkyl or cyclic N) is 1. The average Bonchev–Trinajstić information content (AvgIpc) is 2.51. The van der Waals surface area contributed by atoms with Crippen LogP contribution in [0, 0.1) is 0 Å². The molecule has 8 nitrogen and oxygen atoms in total. The van der Waals surface area contributed by atoms with Crippen molar-refractivity contribution >= 4 is 11.9 Å². The molecule has 0 saturated carbocycles. The van der Waals surface area contributed by atoms with E-state index in [2.05, 4.69) is 5.32 Å². The molecular formula is C17H25NO7. The van der Waals surface area contributed by atoms with Gasteiger partial charge in [-0.3, -0.25) is 0 Å². The predicted octanol–water partition coefficient (Wildman–Crippen LogP) is 1.02. The molecule has 25 heavy (non-hydrogen) atoms. The molecule has 6 N–H and O–H groups in total. The molecule has 1 rings (SSSR count). The molecule has 0 fully saturated rings. The molecule has 140 valence electrons. The molecule has 0 aliphatic heterocycles. The normalized spacial score (nSPS) is 12.4. The number of nitrogens with one attached hydrogen (secondary N) is 1. The standard InChI is InChI=1S/C13H21NO3.C4H4O4/c1-13(2,3)14-7-12(17)9-4-5-11(16)10(6-9)8-15;5-3(6)1-2-4(7)8/h4-6,12,14-17H,7-8H2,1-3H3;1-2H,(H,5,6)(H,7,8)/b;2-1-/t12-;/m0./s1. The van der Waals surface area contributed by atoms with Crippen molar-refractivity contribution in [1.29, 1.82) is 0 Å². The van der Waals surface area contributed by atoms with Gasteiger partial charge in [-0.05, 0) is 38.5 Å². The smallest absolute Gasteiger partial charge is 0.328 e. The molecule has 0 heterocycles. The van der Waals surface area contributed by atoms with Crippen LogP contribution < -0.4 is 5.32 Å². The van der Waals surface area contributed by atoms with E-state index >= 15 is 0 Å². The van der Waals surface area contributed by atoms with E-state index in [-0.39, 0.29) is 17.9 Å². The maximum Gasteiger partial charge on any atom is 0.328 e. The van der Waals surface area contributed by atoms with Crippen LogP contribution in [0.1, 0.15) is 38.0 Å². The third kappa shape index (κ3) is 10.9. The molecule has 0 spiro atoms. The van der Waals surface area contributed by atoms with Crippen LogP contribution in [0.25, 0.3) is 0 Å². The van der Waals surface area contributed by atoms with Gasteiger partial charge in [-0.15, -0.1) is 0 Å². The summed E-state index contributed by atoms with van der Waals surface area (Å²) in [7, 11) is 0. The third-order valence-corrected chi connectivity index (χ3v) is 2.85. The van der Waals surface area contributed by atoms with Crippen molar-refractivity contribution in [2.24, 2.45) is 0 Å². The highest BCUT2D eigenvalue weighted by Crippen LogP contribution is 2.22. The van der Waals surface area contributed by atoms with Crippen LogP contribution >= 0.6 is 0 Å². The van der Waals surface area contributed by atoms with E-state index in [1.807, 2.05) is 20.8 Å². The van der Waals surface area contributed by atoms with Crippen LogP contribution in [0.4, 0.5) is 0 Å². The second kappa shape index (κ2) is 10.4. The molecular weight excluding hydrogens is 330 g/mol. The summed E-state index contributed by atoms with van der Waals surface area (Å²) < 4.78 is 0. The highest BCUT2D eigenvalue weighted by Gasteiger charge is 2.14. The Balaban J connectivity index is 0.000000609. The molecule has 0 amide bonds. The van der Waals surface area contributed by atoms with Crippen LogP contribution in [0.2, 0.25) is 0 Å². The molecule has 8 heteroatoms. The number of aliphatic hydroxyl groups excluding tert-OH is 2. The lowest BCUT2D eigenvalue weighted by Crippen LogP contribution is -2.38. The first-order valence-corrected chi connectivity index (χ1v) is 7.46. The molecule has 1 atom stereocenters. The fourth-order valence-corrected chi connectivity index (χ4v) is 1.60. The van der Waals surface area contributed by atoms with E-state index < -0.39 is 18.0 Å². The van der Waals surface area contributed by atoms with Crippen molar-refractivity contribution in [2.75, 3.05) is 6.54 Å². The topological polar surface area (TPSA) is 147 Å². The van der Waals surface area contributed by atoms with Crippen molar-refractivity contribution in [1.82, 2.24) is 5.32 Å². The molecule has 0 aromatic heterocycles. The number of benzene rings is 1. The third-order valence-electron chi connectivity index (χ3n) is 2.85. The maximum atomic E-state index is 9.97. The fourth-order valence-electron chi connectivity index (χ4n) is 1.60. The first-order chi connectivity index (χ1) is 11.5. The summed E-state index contributed by atoms with van der Waals surface area (Å²) in [6, 6.07) is 4.76. The van der Waals surface area contributed by atoms with E-state index in [0.29, 0.717) is 29.8 Å². The van der Waals surface area contributed by atoms with Gasteiger partial charge in [0.15, 0.2) is 0 Å². The number of phenols is 1. The van der Waals surface area contributed by atoms with Gasteiger partial charge in [0.1, 0.15) is 5.75 Å². The Bertz CT molecular complexity index is 590. The lowest BCUT2D eigenvalue weighted by atomic mass is 10.0. The average molecular weight is 355 g/mol. The summed E-state index contributed by atoms with van der Waals surface area (Å²) in [6.45, 7) is 6.26. The maximum absolute atomic E-state index is 9.97. The monoisotopic (exact) mass is 355 g/mol. The second-order valence-corrected chi connectivity index (χ2v) is 6.20. The van der Waals surface area contributed by atoms with Crippen molar-refractivity contribution in [3.8, 4) is 5.75 Å². The Morgan fingerprint density at radius 1 is 1.16 bits per heavy atom. The van der Waals surface area contributed by atoms with Crippen molar-refractivity contribution < 1.29 is 35.1 Å². The predicted molar refractivity (Wildman–Crippen MR) is 91.2 cm³/mol. The van der Waals surface area contributed by atoms with Crippen LogP contribution in [0.15, 0.2) is 30.4 Å². The lowest BCUT2D eigenvalue weighted by Gasteiger charge is -2.23. The van der Waals surface area contributed by atoms with Gasteiger partial charge in [0.25, 0.3) is 0 Å². The van der Waals surface area contributed by atoms with E-state index in [0.717, 1.165) is 0 Å². The zero-order chi connectivity index (χ0) is 19.6. The summed E-state index contributed by atoms with van der Waals surface area (Å²) in [5.74, 6) is -2.47. The van der Waals surface area contributed by atoms with E-state index in [1.165, 1.54) is 6.07 Å². The number of carbonyl (C=O) groups is 2. The molecule has 0 saturated heterocycles. The Hall–Kier alpha value is -2.42. The molecule has 0 unspecified atom stereocenters. The quantitative estimate of drug-likeness (QED) is 0.414. The van der Waals surface area contributed by atoms with E-state index in [4.69, 9.17) is 15.3 Å². The van der Waals surface area contributed by atoms with Crippen molar-refractivity contribution in [3.63, 3.8) is 0 Å². The fraction of sp³-hybridized carbons (Fsp3) is 0.412. The van der Waals surface area contributed by atoms with Gasteiger partial charge in [-0.1, -0.05) is 6.07 Å². The number of hydrogen-bond acceptors (Lipinski definition) is 6. The molecule has 0 bridgehead atoms. The van der Waals surface area contributed by atoms with Crippen LogP contribution in [-0.2, 0) is 16.2 Å². The summed E-state index contributed by atoms with van der Waals surface area (Å²) in [4.78, 5) is 19.1. The highest BCUT2D eigenvalue weighted by atomic mass is 16.4. The molecule has 0 radical (unpaired) electrons. The number of rotatable bonds is 6. The first kappa shape index (κ1) is 22.6. The zero-order valence-electron chi connectivity index (χ0n) is 14.4. The van der Waals surface area contributed by atoms with Crippen LogP contribution in [-0.4, -0.2) is 49.6 Å². The Labute approximate surface area is 146 Å². The second-order valence-electron chi connectivity index (χ2n) is 6.20. The molecule has 1 aromatic carbocycles. The Morgan fingerprint density at radius 3 is 2.08 bits per heavy atom. The van der Waals surface area contributed by atoms with Gasteiger partial charge < -0.3 is 30.8 Å². The Morgan fingerprint density at radius 2 is 1.68 bits per heavy atom. The lowest BCUT2D eigenvalue weighted by molar-refractivity contribution is -0.134. The van der Waals surface area contributed by atoms with Crippen molar-refractivity contribution in [2.45, 2.75) is 39.0 Å². The number of carboxylic acid groups (broad SMARTS) is 2. The number of aromatic hydroxyl groups is 1. The summed E-state index contributed by atoms with van der Waals surface area (Å²) in [6.07, 6.45) is 0.463. The van der Waals surface area contributed by atoms with Crippen LogP contribution in [0.5, 0.6) is 5.75 Å². The SMILES string of the molecule is CC(C)(C)NC[C@H](O)c1ccc(O)c(CO)c1.O=C(O)/C=C\C(=O)O. The summed E-state index contributed by atoms with van der Waals surface area (Å²) in [5, 5.41) is 47.2. The molecule has 0 aliphatic carbocycles. The molecule has 1 aromatic rings. The van der Waals surface area contributed by atoms with Gasteiger partial charge in [-0.2, -0.15) is 0 Å². The number of hydrogen-bond donors (Lipinski definition) is 6. The van der Waals surface area contributed by atoms with Gasteiger partial charge in [0.05, 0.1) is 12.7 Å². The zero-order valence-corrected chi connectivity index (χ0v) is 14.4. The van der Waals surface area contributed by atoms with Gasteiger partial charge >= 0.3 is 11.9 Å². The number of carboxylic acids is 2. The first-order valence-electron chi connectivity index (χ1n) is 7.46. The van der Waals surface area contributed by atoms with E-state index in [1.54, 1.807) is 12.1 Å². The largest absolute Gasteiger partial charge is 0.508 e. The van der Waals surface area contributed by atoms with E-state index in [9.17, 15) is 19.8 Å².